The molecule has 0 aromatic rings. The molecule has 2 atom stereocenters. The van der Waals surface area contributed by atoms with Gasteiger partial charge in [0.2, 0.25) is 0 Å². The minimum atomic E-state index is -3.97. The number of nitrogens with zero attached hydrogens (tertiary/aromatic N) is 2. The first-order chi connectivity index (χ1) is 9.38. The van der Waals surface area contributed by atoms with Gasteiger partial charge in [-0.3, -0.25) is 0 Å². The SMILES string of the molecule is CN1CCC(C(F)(F)F)CC1.CN1CC[C@H]2CCC[C@H]21. The fourth-order valence-corrected chi connectivity index (χ4v) is 3.81. The highest BCUT2D eigenvalue weighted by Gasteiger charge is 2.40. The second-order valence-electron chi connectivity index (χ2n) is 6.65. The van der Waals surface area contributed by atoms with E-state index < -0.39 is 12.1 Å². The largest absolute Gasteiger partial charge is 0.391 e. The maximum absolute atomic E-state index is 12.0. The molecule has 0 N–H and O–H groups in total. The van der Waals surface area contributed by atoms with Crippen LogP contribution in [0.3, 0.4) is 0 Å². The van der Waals surface area contributed by atoms with E-state index in [0.29, 0.717) is 13.1 Å². The monoisotopic (exact) mass is 292 g/mol. The molecule has 2 nitrogen and oxygen atoms in total. The number of alkyl halides is 3. The summed E-state index contributed by atoms with van der Waals surface area (Å²) in [5.74, 6) is 0.0219. The summed E-state index contributed by atoms with van der Waals surface area (Å²) >= 11 is 0. The Morgan fingerprint density at radius 1 is 0.850 bits per heavy atom. The number of hydrogen-bond acceptors (Lipinski definition) is 2. The van der Waals surface area contributed by atoms with Gasteiger partial charge in [-0.2, -0.15) is 13.2 Å². The number of hydrogen-bond donors (Lipinski definition) is 0. The lowest BCUT2D eigenvalue weighted by molar-refractivity contribution is -0.184. The minimum absolute atomic E-state index is 0.264. The van der Waals surface area contributed by atoms with E-state index >= 15 is 0 Å². The Morgan fingerprint density at radius 3 is 2.05 bits per heavy atom. The number of piperidine rings is 1. The summed E-state index contributed by atoms with van der Waals surface area (Å²) in [7, 11) is 4.13. The van der Waals surface area contributed by atoms with Gasteiger partial charge in [-0.25, -0.2) is 0 Å². The number of halogens is 3. The predicted octanol–water partition coefficient (Wildman–Crippen LogP) is 3.38. The van der Waals surface area contributed by atoms with E-state index in [9.17, 15) is 13.2 Å². The Hall–Kier alpha value is -0.290. The smallest absolute Gasteiger partial charge is 0.306 e. The van der Waals surface area contributed by atoms with Crippen LogP contribution in [0.5, 0.6) is 0 Å². The summed E-state index contributed by atoms with van der Waals surface area (Å²) < 4.78 is 36.1. The number of rotatable bonds is 0. The topological polar surface area (TPSA) is 6.48 Å². The molecule has 3 fully saturated rings. The Kier molecular flexibility index (Phi) is 5.35. The van der Waals surface area contributed by atoms with Gasteiger partial charge in [0, 0.05) is 6.04 Å². The fraction of sp³-hybridized carbons (Fsp3) is 1.00. The molecule has 5 heteroatoms. The second-order valence-corrected chi connectivity index (χ2v) is 6.65. The van der Waals surface area contributed by atoms with Crippen molar-refractivity contribution in [3.05, 3.63) is 0 Å². The molecule has 2 saturated heterocycles. The van der Waals surface area contributed by atoms with Crippen LogP contribution in [-0.4, -0.2) is 55.7 Å². The van der Waals surface area contributed by atoms with Gasteiger partial charge in [0.15, 0.2) is 0 Å². The van der Waals surface area contributed by atoms with Gasteiger partial charge in [0.25, 0.3) is 0 Å². The summed E-state index contributed by atoms with van der Waals surface area (Å²) in [5.41, 5.74) is 0. The average Bonchev–Trinajstić information content (AvgIpc) is 2.95. The van der Waals surface area contributed by atoms with Crippen molar-refractivity contribution in [1.82, 2.24) is 9.80 Å². The molecule has 3 rings (SSSR count). The van der Waals surface area contributed by atoms with E-state index in [1.54, 1.807) is 0 Å². The number of likely N-dealkylation sites (tertiary alicyclic amines) is 2. The summed E-state index contributed by atoms with van der Waals surface area (Å²) in [6.45, 7) is 2.50. The lowest BCUT2D eigenvalue weighted by Crippen LogP contribution is -2.36. The molecule has 0 aromatic carbocycles. The maximum Gasteiger partial charge on any atom is 0.391 e. The molecule has 0 spiro atoms. The van der Waals surface area contributed by atoms with Gasteiger partial charge >= 0.3 is 6.18 Å². The van der Waals surface area contributed by atoms with Crippen LogP contribution in [-0.2, 0) is 0 Å². The summed E-state index contributed by atoms with van der Waals surface area (Å²) in [6, 6.07) is 0.977. The van der Waals surface area contributed by atoms with Crippen molar-refractivity contribution in [2.24, 2.45) is 11.8 Å². The van der Waals surface area contributed by atoms with Gasteiger partial charge in [-0.1, -0.05) is 6.42 Å². The Balaban J connectivity index is 0.000000149. The zero-order chi connectivity index (χ0) is 14.8. The Bertz CT molecular complexity index is 298. The van der Waals surface area contributed by atoms with Gasteiger partial charge in [0.1, 0.15) is 0 Å². The zero-order valence-electron chi connectivity index (χ0n) is 12.6. The minimum Gasteiger partial charge on any atom is -0.306 e. The second kappa shape index (κ2) is 6.65. The Morgan fingerprint density at radius 2 is 1.50 bits per heavy atom. The maximum atomic E-state index is 12.0. The van der Waals surface area contributed by atoms with Crippen molar-refractivity contribution < 1.29 is 13.2 Å². The number of fused-ring (bicyclic) bond motifs is 1. The van der Waals surface area contributed by atoms with Crippen LogP contribution in [0.4, 0.5) is 13.2 Å². The summed E-state index contributed by atoms with van der Waals surface area (Å²) in [6.07, 6.45) is 2.50. The molecular weight excluding hydrogens is 265 g/mol. The molecule has 3 aliphatic rings. The van der Waals surface area contributed by atoms with E-state index in [0.717, 1.165) is 12.0 Å². The van der Waals surface area contributed by atoms with Crippen LogP contribution in [0.25, 0.3) is 0 Å². The Labute approximate surface area is 120 Å². The third-order valence-electron chi connectivity index (χ3n) is 5.22. The van der Waals surface area contributed by atoms with Crippen molar-refractivity contribution in [3.8, 4) is 0 Å². The van der Waals surface area contributed by atoms with Crippen molar-refractivity contribution in [2.45, 2.75) is 50.7 Å². The van der Waals surface area contributed by atoms with E-state index in [4.69, 9.17) is 0 Å². The van der Waals surface area contributed by atoms with Crippen LogP contribution in [0.2, 0.25) is 0 Å². The van der Waals surface area contributed by atoms with Crippen molar-refractivity contribution in [2.75, 3.05) is 33.7 Å². The van der Waals surface area contributed by atoms with Crippen LogP contribution in [0, 0.1) is 11.8 Å². The lowest BCUT2D eigenvalue weighted by atomic mass is 9.97. The van der Waals surface area contributed by atoms with E-state index in [1.165, 1.54) is 32.2 Å². The van der Waals surface area contributed by atoms with Crippen LogP contribution in [0.1, 0.15) is 38.5 Å². The van der Waals surface area contributed by atoms with E-state index in [-0.39, 0.29) is 12.8 Å². The quantitative estimate of drug-likeness (QED) is 0.675. The molecule has 20 heavy (non-hydrogen) atoms. The van der Waals surface area contributed by atoms with Crippen molar-refractivity contribution in [3.63, 3.8) is 0 Å². The van der Waals surface area contributed by atoms with Crippen LogP contribution < -0.4 is 0 Å². The normalized spacial score (nSPS) is 32.9. The van der Waals surface area contributed by atoms with Gasteiger partial charge in [-0.15, -0.1) is 0 Å². The van der Waals surface area contributed by atoms with E-state index in [2.05, 4.69) is 11.9 Å². The first kappa shape index (κ1) is 16.1. The zero-order valence-corrected chi connectivity index (χ0v) is 12.6. The van der Waals surface area contributed by atoms with Gasteiger partial charge in [-0.05, 0) is 71.8 Å². The highest BCUT2D eigenvalue weighted by molar-refractivity contribution is 4.89. The van der Waals surface area contributed by atoms with Crippen molar-refractivity contribution in [1.29, 1.82) is 0 Å². The first-order valence-electron chi connectivity index (χ1n) is 7.83. The average molecular weight is 292 g/mol. The highest BCUT2D eigenvalue weighted by Crippen LogP contribution is 2.36. The summed E-state index contributed by atoms with van der Waals surface area (Å²) in [5, 5.41) is 0. The van der Waals surface area contributed by atoms with Gasteiger partial charge in [0.05, 0.1) is 5.92 Å². The van der Waals surface area contributed by atoms with Crippen LogP contribution in [0.15, 0.2) is 0 Å². The third kappa shape index (κ3) is 4.10. The molecule has 0 radical (unpaired) electrons. The molecule has 1 saturated carbocycles. The standard InChI is InChI=1S/C8H15N.C7H12F3N/c1-9-6-5-7-3-2-4-8(7)9;1-11-4-2-6(3-5-11)7(8,9)10/h7-8H,2-6H2,1H3;6H,2-5H2,1H3/t7-,8-;/m1./s1. The fourth-order valence-electron chi connectivity index (χ4n) is 3.81. The predicted molar refractivity (Wildman–Crippen MR) is 74.7 cm³/mol. The summed E-state index contributed by atoms with van der Waals surface area (Å²) in [4.78, 5) is 4.47. The van der Waals surface area contributed by atoms with Crippen LogP contribution >= 0.6 is 0 Å². The molecule has 0 unspecified atom stereocenters. The highest BCUT2D eigenvalue weighted by atomic mass is 19.4. The molecule has 1 aliphatic carbocycles. The lowest BCUT2D eigenvalue weighted by Gasteiger charge is -2.30. The van der Waals surface area contributed by atoms with Gasteiger partial charge < -0.3 is 9.80 Å². The molecule has 0 amide bonds. The molecule has 2 heterocycles. The van der Waals surface area contributed by atoms with Crippen molar-refractivity contribution >= 4 is 0 Å². The molecule has 118 valence electrons. The molecule has 0 bridgehead atoms. The van der Waals surface area contributed by atoms with E-state index in [1.807, 2.05) is 11.9 Å². The molecular formula is C15H27F3N2. The molecule has 0 aromatic heterocycles. The first-order valence-corrected chi connectivity index (χ1v) is 7.83. The third-order valence-corrected chi connectivity index (χ3v) is 5.22. The molecule has 2 aliphatic heterocycles.